The highest BCUT2D eigenvalue weighted by Crippen LogP contribution is 2.19. The standard InChI is InChI=1S/C18H23N/c1-13-9-10-18(15(3)11-13)16(4)19-12-17-8-6-5-7-14(17)2/h5-11,16,19H,12H2,1-4H3. The monoisotopic (exact) mass is 253 g/mol. The topological polar surface area (TPSA) is 12.0 Å². The Balaban J connectivity index is 2.05. The van der Waals surface area contributed by atoms with E-state index >= 15 is 0 Å². The van der Waals surface area contributed by atoms with E-state index < -0.39 is 0 Å². The molecule has 0 aliphatic rings. The average Bonchev–Trinajstić information content (AvgIpc) is 2.37. The van der Waals surface area contributed by atoms with E-state index in [1.54, 1.807) is 0 Å². The molecule has 0 fully saturated rings. The molecule has 2 aromatic carbocycles. The maximum Gasteiger partial charge on any atom is 0.0297 e. The molecule has 0 saturated heterocycles. The van der Waals surface area contributed by atoms with Crippen molar-refractivity contribution in [1.82, 2.24) is 5.32 Å². The van der Waals surface area contributed by atoms with Gasteiger partial charge in [-0.25, -0.2) is 0 Å². The van der Waals surface area contributed by atoms with Crippen LogP contribution in [0.5, 0.6) is 0 Å². The van der Waals surface area contributed by atoms with Crippen molar-refractivity contribution in [3.05, 3.63) is 70.3 Å². The zero-order valence-corrected chi connectivity index (χ0v) is 12.3. The van der Waals surface area contributed by atoms with Crippen LogP contribution < -0.4 is 5.32 Å². The quantitative estimate of drug-likeness (QED) is 0.848. The molecule has 1 nitrogen and oxygen atoms in total. The van der Waals surface area contributed by atoms with Crippen LogP contribution in [0.3, 0.4) is 0 Å². The van der Waals surface area contributed by atoms with Gasteiger partial charge in [0.25, 0.3) is 0 Å². The highest BCUT2D eigenvalue weighted by Gasteiger charge is 2.08. The first kappa shape index (κ1) is 13.8. The van der Waals surface area contributed by atoms with Gasteiger partial charge < -0.3 is 5.32 Å². The van der Waals surface area contributed by atoms with Gasteiger partial charge in [0.1, 0.15) is 0 Å². The van der Waals surface area contributed by atoms with Crippen molar-refractivity contribution in [3.8, 4) is 0 Å². The van der Waals surface area contributed by atoms with Crippen LogP contribution >= 0.6 is 0 Å². The van der Waals surface area contributed by atoms with Crippen molar-refractivity contribution in [1.29, 1.82) is 0 Å². The second-order valence-electron chi connectivity index (χ2n) is 5.39. The van der Waals surface area contributed by atoms with E-state index in [2.05, 4.69) is 75.5 Å². The van der Waals surface area contributed by atoms with E-state index in [4.69, 9.17) is 0 Å². The number of hydrogen-bond acceptors (Lipinski definition) is 1. The lowest BCUT2D eigenvalue weighted by atomic mass is 10.00. The molecule has 1 heteroatoms. The van der Waals surface area contributed by atoms with Gasteiger partial charge in [-0.15, -0.1) is 0 Å². The summed E-state index contributed by atoms with van der Waals surface area (Å²) in [6.07, 6.45) is 0. The number of nitrogens with one attached hydrogen (secondary N) is 1. The van der Waals surface area contributed by atoms with Crippen molar-refractivity contribution < 1.29 is 0 Å². The van der Waals surface area contributed by atoms with Crippen molar-refractivity contribution >= 4 is 0 Å². The smallest absolute Gasteiger partial charge is 0.0297 e. The molecule has 19 heavy (non-hydrogen) atoms. The molecule has 2 aromatic rings. The van der Waals surface area contributed by atoms with E-state index in [0.29, 0.717) is 6.04 Å². The fourth-order valence-electron chi connectivity index (χ4n) is 2.49. The molecule has 0 heterocycles. The Bertz CT molecular complexity index is 557. The maximum atomic E-state index is 3.62. The van der Waals surface area contributed by atoms with Gasteiger partial charge in [-0.2, -0.15) is 0 Å². The highest BCUT2D eigenvalue weighted by molar-refractivity contribution is 5.33. The first-order valence-corrected chi connectivity index (χ1v) is 6.93. The number of rotatable bonds is 4. The first-order chi connectivity index (χ1) is 9.08. The second kappa shape index (κ2) is 6.03. The Morgan fingerprint density at radius 2 is 1.68 bits per heavy atom. The second-order valence-corrected chi connectivity index (χ2v) is 5.39. The van der Waals surface area contributed by atoms with Gasteiger partial charge in [-0.3, -0.25) is 0 Å². The van der Waals surface area contributed by atoms with E-state index in [0.717, 1.165) is 6.54 Å². The minimum absolute atomic E-state index is 0.375. The molecular weight excluding hydrogens is 230 g/mol. The normalized spacial score (nSPS) is 12.4. The molecule has 0 radical (unpaired) electrons. The predicted octanol–water partition coefficient (Wildman–Crippen LogP) is 4.46. The van der Waals surface area contributed by atoms with Crippen LogP contribution in [0, 0.1) is 20.8 Å². The van der Waals surface area contributed by atoms with Crippen molar-refractivity contribution in [2.24, 2.45) is 0 Å². The Morgan fingerprint density at radius 3 is 2.37 bits per heavy atom. The SMILES string of the molecule is Cc1ccc(C(C)NCc2ccccc2C)c(C)c1. The lowest BCUT2D eigenvalue weighted by Gasteiger charge is -2.18. The van der Waals surface area contributed by atoms with Gasteiger partial charge in [0, 0.05) is 12.6 Å². The molecular formula is C18H23N. The first-order valence-electron chi connectivity index (χ1n) is 6.93. The molecule has 1 N–H and O–H groups in total. The van der Waals surface area contributed by atoms with Crippen molar-refractivity contribution in [2.45, 2.75) is 40.3 Å². The third kappa shape index (κ3) is 3.45. The molecule has 0 aliphatic carbocycles. The number of hydrogen-bond donors (Lipinski definition) is 1. The summed E-state index contributed by atoms with van der Waals surface area (Å²) in [5.74, 6) is 0. The minimum atomic E-state index is 0.375. The van der Waals surface area contributed by atoms with Gasteiger partial charge in [0.05, 0.1) is 0 Å². The van der Waals surface area contributed by atoms with Gasteiger partial charge in [-0.05, 0) is 49.9 Å². The minimum Gasteiger partial charge on any atom is -0.306 e. The molecule has 0 bridgehead atoms. The van der Waals surface area contributed by atoms with Crippen LogP contribution in [0.2, 0.25) is 0 Å². The summed E-state index contributed by atoms with van der Waals surface area (Å²) >= 11 is 0. The fourth-order valence-corrected chi connectivity index (χ4v) is 2.49. The zero-order chi connectivity index (χ0) is 13.8. The van der Waals surface area contributed by atoms with Crippen LogP contribution in [0.25, 0.3) is 0 Å². The van der Waals surface area contributed by atoms with Crippen LogP contribution in [-0.2, 0) is 6.54 Å². The van der Waals surface area contributed by atoms with Crippen LogP contribution in [0.15, 0.2) is 42.5 Å². The molecule has 1 atom stereocenters. The van der Waals surface area contributed by atoms with E-state index in [1.165, 1.54) is 27.8 Å². The lowest BCUT2D eigenvalue weighted by Crippen LogP contribution is -2.19. The molecule has 0 amide bonds. The summed E-state index contributed by atoms with van der Waals surface area (Å²) in [5, 5.41) is 3.62. The van der Waals surface area contributed by atoms with Crippen molar-refractivity contribution in [3.63, 3.8) is 0 Å². The van der Waals surface area contributed by atoms with E-state index in [-0.39, 0.29) is 0 Å². The van der Waals surface area contributed by atoms with Crippen LogP contribution in [0.4, 0.5) is 0 Å². The van der Waals surface area contributed by atoms with E-state index in [9.17, 15) is 0 Å². The molecule has 0 saturated carbocycles. The Hall–Kier alpha value is -1.60. The largest absolute Gasteiger partial charge is 0.306 e. The van der Waals surface area contributed by atoms with Gasteiger partial charge >= 0.3 is 0 Å². The zero-order valence-electron chi connectivity index (χ0n) is 12.3. The Kier molecular flexibility index (Phi) is 4.39. The summed E-state index contributed by atoms with van der Waals surface area (Å²) in [6.45, 7) is 9.65. The van der Waals surface area contributed by atoms with Crippen LogP contribution in [0.1, 0.15) is 40.8 Å². The lowest BCUT2D eigenvalue weighted by molar-refractivity contribution is 0.571. The molecule has 1 unspecified atom stereocenters. The summed E-state index contributed by atoms with van der Waals surface area (Å²) in [4.78, 5) is 0. The summed E-state index contributed by atoms with van der Waals surface area (Å²) in [7, 11) is 0. The molecule has 0 spiro atoms. The van der Waals surface area contributed by atoms with Crippen LogP contribution in [-0.4, -0.2) is 0 Å². The molecule has 2 rings (SSSR count). The Morgan fingerprint density at radius 1 is 0.947 bits per heavy atom. The fraction of sp³-hybridized carbons (Fsp3) is 0.333. The predicted molar refractivity (Wildman–Crippen MR) is 82.3 cm³/mol. The third-order valence-corrected chi connectivity index (χ3v) is 3.75. The summed E-state index contributed by atoms with van der Waals surface area (Å²) in [6, 6.07) is 15.6. The number of aryl methyl sites for hydroxylation is 3. The van der Waals surface area contributed by atoms with Gasteiger partial charge in [0.2, 0.25) is 0 Å². The summed E-state index contributed by atoms with van der Waals surface area (Å²) in [5.41, 5.74) is 6.80. The maximum absolute atomic E-state index is 3.62. The average molecular weight is 253 g/mol. The Labute approximate surface area is 116 Å². The third-order valence-electron chi connectivity index (χ3n) is 3.75. The molecule has 0 aliphatic heterocycles. The highest BCUT2D eigenvalue weighted by atomic mass is 14.9. The van der Waals surface area contributed by atoms with Gasteiger partial charge in [0.15, 0.2) is 0 Å². The summed E-state index contributed by atoms with van der Waals surface area (Å²) < 4.78 is 0. The number of benzene rings is 2. The van der Waals surface area contributed by atoms with E-state index in [1.807, 2.05) is 0 Å². The molecule has 100 valence electrons. The van der Waals surface area contributed by atoms with Gasteiger partial charge in [-0.1, -0.05) is 48.0 Å². The van der Waals surface area contributed by atoms with Crippen molar-refractivity contribution in [2.75, 3.05) is 0 Å². The molecule has 0 aromatic heterocycles.